The first-order valence-corrected chi connectivity index (χ1v) is 7.19. The molecule has 0 aromatic rings. The van der Waals surface area contributed by atoms with Crippen LogP contribution in [0.25, 0.3) is 0 Å². The van der Waals surface area contributed by atoms with Crippen LogP contribution in [0.2, 0.25) is 0 Å². The normalized spacial score (nSPS) is 48.8. The average molecular weight is 222 g/mol. The monoisotopic (exact) mass is 222 g/mol. The molecule has 2 bridgehead atoms. The van der Waals surface area contributed by atoms with Gasteiger partial charge in [-0.05, 0) is 44.4 Å². The molecule has 1 heterocycles. The summed E-state index contributed by atoms with van der Waals surface area (Å²) in [4.78, 5) is 2.81. The Bertz CT molecular complexity index is 265. The highest BCUT2D eigenvalue weighted by Gasteiger charge is 2.44. The molecule has 2 heteroatoms. The van der Waals surface area contributed by atoms with Gasteiger partial charge in [-0.2, -0.15) is 0 Å². The van der Waals surface area contributed by atoms with Gasteiger partial charge in [0.15, 0.2) is 0 Å². The van der Waals surface area contributed by atoms with Crippen molar-refractivity contribution in [3.63, 3.8) is 0 Å². The molecule has 1 aliphatic heterocycles. The van der Waals surface area contributed by atoms with E-state index in [9.17, 15) is 0 Å². The second kappa shape index (κ2) is 3.99. The lowest BCUT2D eigenvalue weighted by Gasteiger charge is -2.45. The van der Waals surface area contributed by atoms with E-state index in [0.29, 0.717) is 5.54 Å². The summed E-state index contributed by atoms with van der Waals surface area (Å²) in [5.74, 6) is 2.13. The van der Waals surface area contributed by atoms with Gasteiger partial charge in [-0.1, -0.05) is 13.3 Å². The molecule has 1 N–H and O–H groups in total. The number of nitrogens with zero attached hydrogens (tertiary/aromatic N) is 1. The third-order valence-electron chi connectivity index (χ3n) is 5.45. The molecule has 3 rings (SSSR count). The molecule has 0 aromatic carbocycles. The summed E-state index contributed by atoms with van der Waals surface area (Å²) in [6.07, 6.45) is 7.34. The predicted molar refractivity (Wildman–Crippen MR) is 67.5 cm³/mol. The lowest BCUT2D eigenvalue weighted by atomic mass is 9.89. The molecule has 2 nitrogen and oxygen atoms in total. The molecule has 0 aromatic heterocycles. The molecule has 0 amide bonds. The van der Waals surface area contributed by atoms with E-state index < -0.39 is 0 Å². The lowest BCUT2D eigenvalue weighted by Crippen LogP contribution is -2.61. The molecular weight excluding hydrogens is 196 g/mol. The molecule has 4 atom stereocenters. The Kier molecular flexibility index (Phi) is 2.75. The first-order chi connectivity index (χ1) is 7.70. The fourth-order valence-electron chi connectivity index (χ4n) is 4.26. The Balaban J connectivity index is 1.66. The number of hydrogen-bond donors (Lipinski definition) is 1. The predicted octanol–water partition coefficient (Wildman–Crippen LogP) is 2.25. The van der Waals surface area contributed by atoms with Crippen molar-refractivity contribution < 1.29 is 0 Å². The van der Waals surface area contributed by atoms with Gasteiger partial charge >= 0.3 is 0 Å². The molecule has 16 heavy (non-hydrogen) atoms. The van der Waals surface area contributed by atoms with Crippen molar-refractivity contribution in [3.8, 4) is 0 Å². The highest BCUT2D eigenvalue weighted by molar-refractivity contribution is 4.99. The van der Waals surface area contributed by atoms with Crippen LogP contribution < -0.4 is 5.32 Å². The fourth-order valence-corrected chi connectivity index (χ4v) is 4.26. The molecule has 92 valence electrons. The van der Waals surface area contributed by atoms with E-state index in [1.165, 1.54) is 51.7 Å². The largest absolute Gasteiger partial charge is 0.309 e. The number of fused-ring (bicyclic) bond motifs is 2. The van der Waals surface area contributed by atoms with E-state index in [4.69, 9.17) is 0 Å². The first kappa shape index (κ1) is 11.0. The molecule has 0 spiro atoms. The van der Waals surface area contributed by atoms with Crippen molar-refractivity contribution in [1.29, 1.82) is 0 Å². The van der Waals surface area contributed by atoms with E-state index in [0.717, 1.165) is 17.9 Å². The second-order valence-electron chi connectivity index (χ2n) is 6.55. The molecule has 3 aliphatic rings. The van der Waals surface area contributed by atoms with Crippen LogP contribution in [0.15, 0.2) is 0 Å². The van der Waals surface area contributed by atoms with Crippen LogP contribution in [-0.2, 0) is 0 Å². The zero-order valence-electron chi connectivity index (χ0n) is 10.8. The summed E-state index contributed by atoms with van der Waals surface area (Å²) in [6.45, 7) is 8.46. The highest BCUT2D eigenvalue weighted by Crippen LogP contribution is 2.47. The van der Waals surface area contributed by atoms with Crippen LogP contribution in [0.3, 0.4) is 0 Å². The van der Waals surface area contributed by atoms with Gasteiger partial charge < -0.3 is 5.32 Å². The Morgan fingerprint density at radius 2 is 2.19 bits per heavy atom. The minimum atomic E-state index is 0.375. The summed E-state index contributed by atoms with van der Waals surface area (Å²) < 4.78 is 0. The standard InChI is InChI=1S/C14H26N2/c1-3-14(2)10-16(7-6-15-14)13-9-11-4-5-12(13)8-11/h11-13,15H,3-10H2,1-2H3. The van der Waals surface area contributed by atoms with E-state index >= 15 is 0 Å². The maximum absolute atomic E-state index is 3.70. The van der Waals surface area contributed by atoms with Crippen molar-refractivity contribution >= 4 is 0 Å². The molecule has 3 fully saturated rings. The smallest absolute Gasteiger partial charge is 0.0278 e. The van der Waals surface area contributed by atoms with Gasteiger partial charge in [0.25, 0.3) is 0 Å². The van der Waals surface area contributed by atoms with Gasteiger partial charge in [0.2, 0.25) is 0 Å². The second-order valence-corrected chi connectivity index (χ2v) is 6.55. The van der Waals surface area contributed by atoms with Gasteiger partial charge in [0.1, 0.15) is 0 Å². The van der Waals surface area contributed by atoms with E-state index in [1.807, 2.05) is 0 Å². The zero-order chi connectivity index (χ0) is 11.2. The minimum Gasteiger partial charge on any atom is -0.309 e. The van der Waals surface area contributed by atoms with Crippen LogP contribution in [0.5, 0.6) is 0 Å². The lowest BCUT2D eigenvalue weighted by molar-refractivity contribution is 0.0705. The molecule has 0 radical (unpaired) electrons. The summed E-state index contributed by atoms with van der Waals surface area (Å²) >= 11 is 0. The van der Waals surface area contributed by atoms with E-state index in [1.54, 1.807) is 0 Å². The van der Waals surface area contributed by atoms with Crippen molar-refractivity contribution in [2.75, 3.05) is 19.6 Å². The van der Waals surface area contributed by atoms with Crippen molar-refractivity contribution in [2.45, 2.75) is 57.5 Å². The van der Waals surface area contributed by atoms with Gasteiger partial charge in [0, 0.05) is 31.2 Å². The SMILES string of the molecule is CCC1(C)CN(C2CC3CCC2C3)CCN1. The van der Waals surface area contributed by atoms with Crippen LogP contribution >= 0.6 is 0 Å². The third-order valence-corrected chi connectivity index (χ3v) is 5.45. The Morgan fingerprint density at radius 1 is 1.31 bits per heavy atom. The number of rotatable bonds is 2. The number of nitrogens with one attached hydrogen (secondary N) is 1. The van der Waals surface area contributed by atoms with Gasteiger partial charge in [-0.3, -0.25) is 4.90 Å². The van der Waals surface area contributed by atoms with Crippen LogP contribution in [-0.4, -0.2) is 36.1 Å². The van der Waals surface area contributed by atoms with E-state index in [2.05, 4.69) is 24.1 Å². The Hall–Kier alpha value is -0.0800. The van der Waals surface area contributed by atoms with Gasteiger partial charge in [-0.25, -0.2) is 0 Å². The first-order valence-electron chi connectivity index (χ1n) is 7.19. The van der Waals surface area contributed by atoms with E-state index in [-0.39, 0.29) is 0 Å². The third kappa shape index (κ3) is 1.80. The molecule has 2 saturated carbocycles. The molecular formula is C14H26N2. The zero-order valence-corrected chi connectivity index (χ0v) is 10.8. The molecule has 4 unspecified atom stereocenters. The minimum absolute atomic E-state index is 0.375. The maximum atomic E-state index is 3.70. The summed E-state index contributed by atoms with van der Waals surface area (Å²) in [6, 6.07) is 0.937. The maximum Gasteiger partial charge on any atom is 0.0278 e. The van der Waals surface area contributed by atoms with Crippen LogP contribution in [0.4, 0.5) is 0 Å². The topological polar surface area (TPSA) is 15.3 Å². The molecule has 1 saturated heterocycles. The Labute approximate surface area is 99.8 Å². The summed E-state index contributed by atoms with van der Waals surface area (Å²) in [5.41, 5.74) is 0.375. The summed E-state index contributed by atoms with van der Waals surface area (Å²) in [7, 11) is 0. The number of piperazine rings is 1. The average Bonchev–Trinajstić information content (AvgIpc) is 2.91. The van der Waals surface area contributed by atoms with Crippen molar-refractivity contribution in [2.24, 2.45) is 11.8 Å². The quantitative estimate of drug-likeness (QED) is 0.771. The summed E-state index contributed by atoms with van der Waals surface area (Å²) in [5, 5.41) is 3.70. The van der Waals surface area contributed by atoms with Crippen molar-refractivity contribution in [1.82, 2.24) is 10.2 Å². The fraction of sp³-hybridized carbons (Fsp3) is 1.00. The van der Waals surface area contributed by atoms with Crippen molar-refractivity contribution in [3.05, 3.63) is 0 Å². The van der Waals surface area contributed by atoms with Gasteiger partial charge in [0.05, 0.1) is 0 Å². The highest BCUT2D eigenvalue weighted by atomic mass is 15.2. The van der Waals surface area contributed by atoms with Crippen LogP contribution in [0, 0.1) is 11.8 Å². The molecule has 2 aliphatic carbocycles. The van der Waals surface area contributed by atoms with Gasteiger partial charge in [-0.15, -0.1) is 0 Å². The van der Waals surface area contributed by atoms with Crippen LogP contribution in [0.1, 0.15) is 46.0 Å². The Morgan fingerprint density at radius 3 is 2.81 bits per heavy atom. The number of hydrogen-bond acceptors (Lipinski definition) is 2.